The summed E-state index contributed by atoms with van der Waals surface area (Å²) < 4.78 is 5.44. The molecule has 1 aliphatic rings. The van der Waals surface area contributed by atoms with Gasteiger partial charge in [-0.2, -0.15) is 0 Å². The first kappa shape index (κ1) is 15.4. The molecule has 0 aliphatic carbocycles. The number of amides is 1. The summed E-state index contributed by atoms with van der Waals surface area (Å²) in [7, 11) is 0. The van der Waals surface area contributed by atoms with Crippen molar-refractivity contribution in [1.82, 2.24) is 4.90 Å². The summed E-state index contributed by atoms with van der Waals surface area (Å²) in [5.41, 5.74) is 0.206. The first-order valence-electron chi connectivity index (χ1n) is 7.41. The molecule has 1 N–H and O–H groups in total. The second-order valence-corrected chi connectivity index (χ2v) is 5.27. The molecule has 0 bridgehead atoms. The number of benzene rings is 1. The SMILES string of the molecule is O=C(O)c1ccc(OCC(=O)N2CCCCCCC2)cc1. The molecule has 1 amide bonds. The van der Waals surface area contributed by atoms with Gasteiger partial charge in [0, 0.05) is 13.1 Å². The molecule has 114 valence electrons. The van der Waals surface area contributed by atoms with Gasteiger partial charge in [-0.15, -0.1) is 0 Å². The van der Waals surface area contributed by atoms with Gasteiger partial charge in [-0.3, -0.25) is 4.79 Å². The zero-order valence-electron chi connectivity index (χ0n) is 12.1. The van der Waals surface area contributed by atoms with E-state index in [-0.39, 0.29) is 18.1 Å². The van der Waals surface area contributed by atoms with Gasteiger partial charge in [-0.05, 0) is 37.1 Å². The van der Waals surface area contributed by atoms with Crippen molar-refractivity contribution in [1.29, 1.82) is 0 Å². The highest BCUT2D eigenvalue weighted by atomic mass is 16.5. The van der Waals surface area contributed by atoms with Crippen LogP contribution in [-0.4, -0.2) is 41.6 Å². The van der Waals surface area contributed by atoms with Crippen LogP contribution in [0.25, 0.3) is 0 Å². The van der Waals surface area contributed by atoms with Crippen LogP contribution in [0.3, 0.4) is 0 Å². The number of rotatable bonds is 4. The molecule has 0 saturated carbocycles. The van der Waals surface area contributed by atoms with E-state index in [0.717, 1.165) is 25.9 Å². The van der Waals surface area contributed by atoms with Crippen LogP contribution in [0.4, 0.5) is 0 Å². The van der Waals surface area contributed by atoms with Gasteiger partial charge in [-0.1, -0.05) is 19.3 Å². The summed E-state index contributed by atoms with van der Waals surface area (Å²) >= 11 is 0. The summed E-state index contributed by atoms with van der Waals surface area (Å²) in [6.45, 7) is 1.62. The van der Waals surface area contributed by atoms with Gasteiger partial charge in [0.15, 0.2) is 6.61 Å². The second-order valence-electron chi connectivity index (χ2n) is 5.27. The molecule has 1 aromatic rings. The molecule has 0 radical (unpaired) electrons. The van der Waals surface area contributed by atoms with Gasteiger partial charge >= 0.3 is 5.97 Å². The lowest BCUT2D eigenvalue weighted by atomic mass is 10.1. The van der Waals surface area contributed by atoms with Crippen molar-refractivity contribution in [3.8, 4) is 5.75 Å². The van der Waals surface area contributed by atoms with Crippen molar-refractivity contribution < 1.29 is 19.4 Å². The summed E-state index contributed by atoms with van der Waals surface area (Å²) in [5, 5.41) is 8.81. The number of likely N-dealkylation sites (tertiary alicyclic amines) is 1. The molecule has 21 heavy (non-hydrogen) atoms. The minimum Gasteiger partial charge on any atom is -0.484 e. The van der Waals surface area contributed by atoms with E-state index in [1.54, 1.807) is 12.1 Å². The third-order valence-electron chi connectivity index (χ3n) is 3.67. The average molecular weight is 291 g/mol. The van der Waals surface area contributed by atoms with Gasteiger partial charge < -0.3 is 14.7 Å². The number of carbonyl (C=O) groups excluding carboxylic acids is 1. The molecule has 5 heteroatoms. The van der Waals surface area contributed by atoms with Crippen LogP contribution in [0, 0.1) is 0 Å². The minimum atomic E-state index is -0.974. The Bertz CT molecular complexity index is 476. The molecule has 0 spiro atoms. The Morgan fingerprint density at radius 2 is 1.57 bits per heavy atom. The van der Waals surface area contributed by atoms with E-state index in [4.69, 9.17) is 9.84 Å². The Kier molecular flexibility index (Phi) is 5.60. The number of nitrogens with zero attached hydrogens (tertiary/aromatic N) is 1. The lowest BCUT2D eigenvalue weighted by molar-refractivity contribution is -0.133. The molecule has 1 saturated heterocycles. The molecule has 1 aliphatic heterocycles. The predicted molar refractivity (Wildman–Crippen MR) is 78.6 cm³/mol. The summed E-state index contributed by atoms with van der Waals surface area (Å²) in [4.78, 5) is 24.7. The molecule has 0 unspecified atom stereocenters. The number of hydrogen-bond donors (Lipinski definition) is 1. The number of carboxylic acid groups (broad SMARTS) is 1. The standard InChI is InChI=1S/C16H21NO4/c18-15(17-10-4-2-1-3-5-11-17)12-21-14-8-6-13(7-9-14)16(19)20/h6-9H,1-5,10-12H2,(H,19,20). The fourth-order valence-electron chi connectivity index (χ4n) is 2.43. The van der Waals surface area contributed by atoms with Crippen molar-refractivity contribution in [2.24, 2.45) is 0 Å². The third kappa shape index (κ3) is 4.77. The van der Waals surface area contributed by atoms with Crippen LogP contribution in [0.1, 0.15) is 42.5 Å². The average Bonchev–Trinajstić information content (AvgIpc) is 2.45. The monoisotopic (exact) mass is 291 g/mol. The lowest BCUT2D eigenvalue weighted by Gasteiger charge is -2.24. The molecule has 0 atom stereocenters. The van der Waals surface area contributed by atoms with Gasteiger partial charge in [0.1, 0.15) is 5.75 Å². The van der Waals surface area contributed by atoms with Crippen molar-refractivity contribution in [3.63, 3.8) is 0 Å². The van der Waals surface area contributed by atoms with Gasteiger partial charge in [0.25, 0.3) is 5.91 Å². The van der Waals surface area contributed by atoms with E-state index in [1.165, 1.54) is 31.4 Å². The van der Waals surface area contributed by atoms with Crippen LogP contribution in [0.15, 0.2) is 24.3 Å². The summed E-state index contributed by atoms with van der Waals surface area (Å²) in [5.74, 6) is -0.460. The highest BCUT2D eigenvalue weighted by molar-refractivity contribution is 5.87. The number of aromatic carboxylic acids is 1. The van der Waals surface area contributed by atoms with Crippen LogP contribution >= 0.6 is 0 Å². The Morgan fingerprint density at radius 1 is 1.00 bits per heavy atom. The van der Waals surface area contributed by atoms with E-state index < -0.39 is 5.97 Å². The number of hydrogen-bond acceptors (Lipinski definition) is 3. The normalized spacial score (nSPS) is 15.9. The van der Waals surface area contributed by atoms with Crippen LogP contribution in [0.2, 0.25) is 0 Å². The number of carbonyl (C=O) groups is 2. The molecule has 5 nitrogen and oxygen atoms in total. The van der Waals surface area contributed by atoms with Crippen LogP contribution < -0.4 is 4.74 Å². The van der Waals surface area contributed by atoms with Gasteiger partial charge in [0.2, 0.25) is 0 Å². The molecule has 2 rings (SSSR count). The Labute approximate surface area is 124 Å². The largest absolute Gasteiger partial charge is 0.484 e. The molecule has 1 aromatic carbocycles. The summed E-state index contributed by atoms with van der Waals surface area (Å²) in [6, 6.07) is 6.09. The maximum absolute atomic E-state index is 12.1. The van der Waals surface area contributed by atoms with Gasteiger partial charge in [0.05, 0.1) is 5.56 Å². The van der Waals surface area contributed by atoms with E-state index in [1.807, 2.05) is 4.90 Å². The Balaban J connectivity index is 1.83. The van der Waals surface area contributed by atoms with E-state index >= 15 is 0 Å². The quantitative estimate of drug-likeness (QED) is 0.925. The lowest BCUT2D eigenvalue weighted by Crippen LogP contribution is -2.37. The summed E-state index contributed by atoms with van der Waals surface area (Å²) in [6.07, 6.45) is 5.73. The van der Waals surface area contributed by atoms with Crippen molar-refractivity contribution in [2.45, 2.75) is 32.1 Å². The molecule has 1 fully saturated rings. The highest BCUT2D eigenvalue weighted by Crippen LogP contribution is 2.14. The maximum Gasteiger partial charge on any atom is 0.335 e. The smallest absolute Gasteiger partial charge is 0.335 e. The first-order valence-corrected chi connectivity index (χ1v) is 7.41. The van der Waals surface area contributed by atoms with E-state index in [9.17, 15) is 9.59 Å². The van der Waals surface area contributed by atoms with Crippen molar-refractivity contribution >= 4 is 11.9 Å². The number of ether oxygens (including phenoxy) is 1. The predicted octanol–water partition coefficient (Wildman–Crippen LogP) is 2.56. The third-order valence-corrected chi connectivity index (χ3v) is 3.67. The fourth-order valence-corrected chi connectivity index (χ4v) is 2.43. The topological polar surface area (TPSA) is 66.8 Å². The van der Waals surface area contributed by atoms with Gasteiger partial charge in [-0.25, -0.2) is 4.79 Å². The second kappa shape index (κ2) is 7.67. The first-order chi connectivity index (χ1) is 10.2. The van der Waals surface area contributed by atoms with Crippen molar-refractivity contribution in [2.75, 3.05) is 19.7 Å². The van der Waals surface area contributed by atoms with E-state index in [0.29, 0.717) is 5.75 Å². The van der Waals surface area contributed by atoms with Crippen molar-refractivity contribution in [3.05, 3.63) is 29.8 Å². The Hall–Kier alpha value is -2.04. The highest BCUT2D eigenvalue weighted by Gasteiger charge is 2.15. The fraction of sp³-hybridized carbons (Fsp3) is 0.500. The molecular formula is C16H21NO4. The number of carboxylic acids is 1. The van der Waals surface area contributed by atoms with Crippen LogP contribution in [-0.2, 0) is 4.79 Å². The zero-order valence-corrected chi connectivity index (χ0v) is 12.1. The molecule has 0 aromatic heterocycles. The Morgan fingerprint density at radius 3 is 2.14 bits per heavy atom. The zero-order chi connectivity index (χ0) is 15.1. The van der Waals surface area contributed by atoms with Crippen LogP contribution in [0.5, 0.6) is 5.75 Å². The molecular weight excluding hydrogens is 270 g/mol. The van der Waals surface area contributed by atoms with E-state index in [2.05, 4.69) is 0 Å². The maximum atomic E-state index is 12.1. The molecule has 1 heterocycles. The minimum absolute atomic E-state index is 0.000730.